The number of nitrogens with one attached hydrogen (secondary N) is 1. The van der Waals surface area contributed by atoms with E-state index in [4.69, 9.17) is 0 Å². The zero-order valence-electron chi connectivity index (χ0n) is 10.6. The van der Waals surface area contributed by atoms with Gasteiger partial charge in [0.1, 0.15) is 5.01 Å². The predicted octanol–water partition coefficient (Wildman–Crippen LogP) is 3.62. The van der Waals surface area contributed by atoms with Gasteiger partial charge in [0.2, 0.25) is 0 Å². The summed E-state index contributed by atoms with van der Waals surface area (Å²) >= 11 is 1.79. The first kappa shape index (κ1) is 11.9. The molecule has 1 N–H and O–H groups in total. The summed E-state index contributed by atoms with van der Waals surface area (Å²) in [5, 5.41) is 4.67. The van der Waals surface area contributed by atoms with Gasteiger partial charge in [0, 0.05) is 12.7 Å². The number of thiazole rings is 1. The van der Waals surface area contributed by atoms with Gasteiger partial charge in [-0.1, -0.05) is 29.8 Å². The highest BCUT2D eigenvalue weighted by Crippen LogP contribution is 2.28. The average Bonchev–Trinajstić information content (AvgIpc) is 3.06. The largest absolute Gasteiger partial charge is 0.310 e. The van der Waals surface area contributed by atoms with Crippen LogP contribution in [0.1, 0.15) is 23.4 Å². The van der Waals surface area contributed by atoms with Crippen LogP contribution >= 0.6 is 11.3 Å². The smallest absolute Gasteiger partial charge is 0.107 e. The van der Waals surface area contributed by atoms with Gasteiger partial charge in [0.15, 0.2) is 0 Å². The van der Waals surface area contributed by atoms with Crippen molar-refractivity contribution in [1.29, 1.82) is 0 Å². The Morgan fingerprint density at radius 1 is 1.39 bits per heavy atom. The van der Waals surface area contributed by atoms with Gasteiger partial charge in [-0.15, -0.1) is 11.3 Å². The fourth-order valence-corrected chi connectivity index (χ4v) is 2.91. The zero-order valence-corrected chi connectivity index (χ0v) is 11.5. The van der Waals surface area contributed by atoms with E-state index in [2.05, 4.69) is 41.5 Å². The normalized spacial score (nSPS) is 14.9. The molecule has 3 heteroatoms. The van der Waals surface area contributed by atoms with Crippen molar-refractivity contribution in [2.45, 2.75) is 26.3 Å². The molecule has 1 aliphatic carbocycles. The van der Waals surface area contributed by atoms with Crippen LogP contribution in [0.4, 0.5) is 0 Å². The first-order chi connectivity index (χ1) is 8.81. The summed E-state index contributed by atoms with van der Waals surface area (Å²) in [6.45, 7) is 4.19. The van der Waals surface area contributed by atoms with Gasteiger partial charge in [-0.3, -0.25) is 0 Å². The lowest BCUT2D eigenvalue weighted by atomic mass is 10.1. The number of rotatable bonds is 5. The average molecular weight is 258 g/mol. The monoisotopic (exact) mass is 258 g/mol. The zero-order chi connectivity index (χ0) is 12.4. The molecule has 1 fully saturated rings. The molecule has 0 bridgehead atoms. The summed E-state index contributed by atoms with van der Waals surface area (Å²) in [4.78, 5) is 5.76. The fraction of sp³-hybridized carbons (Fsp3) is 0.400. The molecule has 1 aromatic heterocycles. The third-order valence-electron chi connectivity index (χ3n) is 3.26. The second-order valence-electron chi connectivity index (χ2n) is 5.06. The molecule has 1 aliphatic rings. The Bertz CT molecular complexity index is 529. The number of benzene rings is 1. The van der Waals surface area contributed by atoms with Crippen LogP contribution in [0.25, 0.3) is 10.4 Å². The minimum absolute atomic E-state index is 0.910. The Balaban J connectivity index is 1.64. The fourth-order valence-electron chi connectivity index (χ4n) is 2.03. The molecule has 2 nitrogen and oxygen atoms in total. The third-order valence-corrected chi connectivity index (χ3v) is 4.31. The molecule has 0 aliphatic heterocycles. The van der Waals surface area contributed by atoms with Crippen LogP contribution in [-0.4, -0.2) is 11.5 Å². The van der Waals surface area contributed by atoms with Gasteiger partial charge < -0.3 is 5.32 Å². The Labute approximate surface area is 112 Å². The van der Waals surface area contributed by atoms with E-state index in [-0.39, 0.29) is 0 Å². The van der Waals surface area contributed by atoms with Crippen LogP contribution in [0.5, 0.6) is 0 Å². The van der Waals surface area contributed by atoms with E-state index < -0.39 is 0 Å². The number of hydrogen-bond acceptors (Lipinski definition) is 3. The Morgan fingerprint density at radius 2 is 2.28 bits per heavy atom. The molecule has 0 unspecified atom stereocenters. The minimum atomic E-state index is 0.910. The second-order valence-corrected chi connectivity index (χ2v) is 6.18. The lowest BCUT2D eigenvalue weighted by Gasteiger charge is -1.99. The number of aryl methyl sites for hydroxylation is 1. The van der Waals surface area contributed by atoms with Gasteiger partial charge >= 0.3 is 0 Å². The van der Waals surface area contributed by atoms with Gasteiger partial charge in [-0.05, 0) is 37.8 Å². The lowest BCUT2D eigenvalue weighted by molar-refractivity contribution is 0.637. The van der Waals surface area contributed by atoms with E-state index in [1.54, 1.807) is 11.3 Å². The molecule has 0 atom stereocenters. The van der Waals surface area contributed by atoms with Crippen molar-refractivity contribution >= 4 is 11.3 Å². The summed E-state index contributed by atoms with van der Waals surface area (Å²) in [7, 11) is 0. The van der Waals surface area contributed by atoms with E-state index in [1.807, 2.05) is 6.20 Å². The predicted molar refractivity (Wildman–Crippen MR) is 76.7 cm³/mol. The summed E-state index contributed by atoms with van der Waals surface area (Å²) < 4.78 is 0. The maximum atomic E-state index is 4.50. The van der Waals surface area contributed by atoms with Gasteiger partial charge in [-0.2, -0.15) is 0 Å². The van der Waals surface area contributed by atoms with Crippen LogP contribution in [0.15, 0.2) is 30.5 Å². The summed E-state index contributed by atoms with van der Waals surface area (Å²) in [5.41, 5.74) is 2.58. The first-order valence-corrected chi connectivity index (χ1v) is 7.35. The Morgan fingerprint density at radius 3 is 3.06 bits per heavy atom. The number of aromatic nitrogens is 1. The van der Waals surface area contributed by atoms with Crippen molar-refractivity contribution in [3.8, 4) is 10.4 Å². The van der Waals surface area contributed by atoms with Crippen molar-refractivity contribution < 1.29 is 0 Å². The second kappa shape index (κ2) is 5.21. The number of hydrogen-bond donors (Lipinski definition) is 1. The van der Waals surface area contributed by atoms with Crippen LogP contribution in [-0.2, 0) is 6.54 Å². The Kier molecular flexibility index (Phi) is 3.43. The third kappa shape index (κ3) is 2.98. The van der Waals surface area contributed by atoms with Crippen LogP contribution < -0.4 is 5.32 Å². The molecule has 1 heterocycles. The molecular formula is C15H18N2S. The van der Waals surface area contributed by atoms with Gasteiger partial charge in [0.25, 0.3) is 0 Å². The maximum absolute atomic E-state index is 4.50. The van der Waals surface area contributed by atoms with Gasteiger partial charge in [-0.25, -0.2) is 4.98 Å². The highest BCUT2D eigenvalue weighted by atomic mass is 32.1. The van der Waals surface area contributed by atoms with Crippen LogP contribution in [0, 0.1) is 12.8 Å². The van der Waals surface area contributed by atoms with E-state index in [1.165, 1.54) is 33.9 Å². The quantitative estimate of drug-likeness (QED) is 0.886. The van der Waals surface area contributed by atoms with Gasteiger partial charge in [0.05, 0.1) is 4.88 Å². The molecule has 0 spiro atoms. The van der Waals surface area contributed by atoms with Crippen molar-refractivity contribution in [3.63, 3.8) is 0 Å². The van der Waals surface area contributed by atoms with Crippen molar-refractivity contribution in [1.82, 2.24) is 10.3 Å². The van der Waals surface area contributed by atoms with Crippen molar-refractivity contribution in [3.05, 3.63) is 41.0 Å². The first-order valence-electron chi connectivity index (χ1n) is 6.54. The molecular weight excluding hydrogens is 240 g/mol. The van der Waals surface area contributed by atoms with Crippen molar-refractivity contribution in [2.24, 2.45) is 5.92 Å². The molecule has 0 radical (unpaired) electrons. The molecule has 3 rings (SSSR count). The van der Waals surface area contributed by atoms with E-state index >= 15 is 0 Å². The maximum Gasteiger partial charge on any atom is 0.107 e. The van der Waals surface area contributed by atoms with Crippen molar-refractivity contribution in [2.75, 3.05) is 6.54 Å². The highest BCUT2D eigenvalue weighted by molar-refractivity contribution is 7.15. The van der Waals surface area contributed by atoms with Crippen LogP contribution in [0.2, 0.25) is 0 Å². The summed E-state index contributed by atoms with van der Waals surface area (Å²) in [5.74, 6) is 0.932. The number of nitrogens with zero attached hydrogens (tertiary/aromatic N) is 1. The minimum Gasteiger partial charge on any atom is -0.310 e. The lowest BCUT2D eigenvalue weighted by Crippen LogP contribution is -2.15. The molecule has 1 aromatic carbocycles. The summed E-state index contributed by atoms with van der Waals surface area (Å²) in [6, 6.07) is 8.61. The summed E-state index contributed by atoms with van der Waals surface area (Å²) in [6.07, 6.45) is 4.80. The van der Waals surface area contributed by atoms with Crippen LogP contribution in [0.3, 0.4) is 0 Å². The topological polar surface area (TPSA) is 24.9 Å². The Hall–Kier alpha value is -1.19. The molecule has 2 aromatic rings. The standard InChI is InChI=1S/C15H18N2S/c1-11-3-2-4-13(7-11)14-9-17-15(18-14)10-16-8-12-5-6-12/h2-4,7,9,12,16H,5-6,8,10H2,1H3. The SMILES string of the molecule is Cc1cccc(-c2cnc(CNCC3CC3)s2)c1. The van der Waals surface area contributed by atoms with E-state index in [0.717, 1.165) is 19.0 Å². The molecule has 1 saturated carbocycles. The molecule has 0 saturated heterocycles. The molecule has 94 valence electrons. The van der Waals surface area contributed by atoms with E-state index in [0.29, 0.717) is 0 Å². The molecule has 0 amide bonds. The molecule has 18 heavy (non-hydrogen) atoms. The van der Waals surface area contributed by atoms with E-state index in [9.17, 15) is 0 Å². The highest BCUT2D eigenvalue weighted by Gasteiger charge is 2.20.